The topological polar surface area (TPSA) is 53.1 Å². The first kappa shape index (κ1) is 14.8. The molecule has 0 saturated carbocycles. The lowest BCUT2D eigenvalue weighted by atomic mass is 9.86. The van der Waals surface area contributed by atoms with E-state index in [9.17, 15) is 9.90 Å². The standard InChI is InChI=1S/C21H19NO2/c1-12-9-13(2)11-15(10-12)18-17-8-7-14-5-3-4-6-16(14)19(17)22-20(18)21(23)24/h3-6,9-11,22H,7-8H2,1-2H3,(H,23,24). The fourth-order valence-corrected chi connectivity index (χ4v) is 3.86. The second-order valence-corrected chi connectivity index (χ2v) is 6.57. The molecule has 1 aliphatic rings. The number of fused-ring (bicyclic) bond motifs is 3. The van der Waals surface area contributed by atoms with Crippen LogP contribution in [0.1, 0.15) is 32.7 Å². The molecule has 2 N–H and O–H groups in total. The highest BCUT2D eigenvalue weighted by Crippen LogP contribution is 2.41. The number of carbonyl (C=O) groups is 1. The van der Waals surface area contributed by atoms with E-state index in [1.807, 2.05) is 26.0 Å². The van der Waals surface area contributed by atoms with Crippen molar-refractivity contribution >= 4 is 5.97 Å². The molecule has 0 bridgehead atoms. The van der Waals surface area contributed by atoms with Crippen LogP contribution in [0, 0.1) is 13.8 Å². The molecule has 120 valence electrons. The molecule has 24 heavy (non-hydrogen) atoms. The molecule has 0 fully saturated rings. The molecular weight excluding hydrogens is 298 g/mol. The molecule has 1 aromatic heterocycles. The third-order valence-electron chi connectivity index (χ3n) is 4.76. The van der Waals surface area contributed by atoms with Gasteiger partial charge in [0.1, 0.15) is 5.69 Å². The van der Waals surface area contributed by atoms with Crippen molar-refractivity contribution in [3.8, 4) is 22.4 Å². The smallest absolute Gasteiger partial charge is 0.352 e. The first-order valence-electron chi connectivity index (χ1n) is 8.19. The molecule has 1 heterocycles. The fraction of sp³-hybridized carbons (Fsp3) is 0.190. The van der Waals surface area contributed by atoms with Gasteiger partial charge in [-0.1, -0.05) is 53.6 Å². The van der Waals surface area contributed by atoms with Gasteiger partial charge in [-0.3, -0.25) is 0 Å². The molecule has 2 aromatic carbocycles. The second-order valence-electron chi connectivity index (χ2n) is 6.57. The average molecular weight is 317 g/mol. The molecule has 0 radical (unpaired) electrons. The molecule has 0 aliphatic heterocycles. The van der Waals surface area contributed by atoms with Crippen LogP contribution in [0.3, 0.4) is 0 Å². The van der Waals surface area contributed by atoms with E-state index in [1.54, 1.807) is 0 Å². The first-order valence-corrected chi connectivity index (χ1v) is 8.19. The van der Waals surface area contributed by atoms with Crippen LogP contribution in [0.4, 0.5) is 0 Å². The Morgan fingerprint density at radius 2 is 1.75 bits per heavy atom. The van der Waals surface area contributed by atoms with E-state index in [4.69, 9.17) is 0 Å². The molecule has 0 atom stereocenters. The number of carboxylic acids is 1. The average Bonchev–Trinajstić information content (AvgIpc) is 2.94. The number of carboxylic acid groups (broad SMARTS) is 1. The van der Waals surface area contributed by atoms with E-state index in [0.29, 0.717) is 5.69 Å². The SMILES string of the molecule is Cc1cc(C)cc(-c2c(C(=O)O)[nH]c3c2CCc2ccccc2-3)c1. The largest absolute Gasteiger partial charge is 0.477 e. The molecule has 3 aromatic rings. The van der Waals surface area contributed by atoms with Gasteiger partial charge >= 0.3 is 5.97 Å². The van der Waals surface area contributed by atoms with E-state index < -0.39 is 5.97 Å². The predicted octanol–water partition coefficient (Wildman–Crippen LogP) is 4.76. The van der Waals surface area contributed by atoms with Crippen molar-refractivity contribution in [2.45, 2.75) is 26.7 Å². The number of rotatable bonds is 2. The Labute approximate surface area is 141 Å². The number of aromatic amines is 1. The van der Waals surface area contributed by atoms with Gasteiger partial charge in [-0.05, 0) is 43.4 Å². The van der Waals surface area contributed by atoms with Crippen molar-refractivity contribution in [3.63, 3.8) is 0 Å². The number of hydrogen-bond donors (Lipinski definition) is 2. The van der Waals surface area contributed by atoms with E-state index in [1.165, 1.54) is 5.56 Å². The number of benzene rings is 2. The summed E-state index contributed by atoms with van der Waals surface area (Å²) < 4.78 is 0. The van der Waals surface area contributed by atoms with Gasteiger partial charge in [0.15, 0.2) is 0 Å². The zero-order valence-electron chi connectivity index (χ0n) is 13.8. The van der Waals surface area contributed by atoms with E-state index in [2.05, 4.69) is 35.3 Å². The summed E-state index contributed by atoms with van der Waals surface area (Å²) in [4.78, 5) is 15.1. The van der Waals surface area contributed by atoms with Gasteiger partial charge in [0.2, 0.25) is 0 Å². The van der Waals surface area contributed by atoms with Gasteiger partial charge in [0.25, 0.3) is 0 Å². The Morgan fingerprint density at radius 3 is 2.46 bits per heavy atom. The van der Waals surface area contributed by atoms with E-state index in [0.717, 1.165) is 51.9 Å². The number of nitrogens with one attached hydrogen (secondary N) is 1. The number of aryl methyl sites for hydroxylation is 3. The van der Waals surface area contributed by atoms with Gasteiger partial charge in [0, 0.05) is 11.1 Å². The highest BCUT2D eigenvalue weighted by molar-refractivity contribution is 5.99. The third-order valence-corrected chi connectivity index (χ3v) is 4.76. The summed E-state index contributed by atoms with van der Waals surface area (Å²) in [5, 5.41) is 9.73. The lowest BCUT2D eigenvalue weighted by molar-refractivity contribution is 0.0692. The van der Waals surface area contributed by atoms with Gasteiger partial charge in [-0.2, -0.15) is 0 Å². The zero-order valence-corrected chi connectivity index (χ0v) is 13.8. The van der Waals surface area contributed by atoms with Crippen molar-refractivity contribution in [1.29, 1.82) is 0 Å². The number of aromatic carboxylic acids is 1. The maximum atomic E-state index is 11.9. The summed E-state index contributed by atoms with van der Waals surface area (Å²) in [5.74, 6) is -0.906. The van der Waals surface area contributed by atoms with Crippen LogP contribution >= 0.6 is 0 Å². The van der Waals surface area contributed by atoms with E-state index in [-0.39, 0.29) is 0 Å². The maximum absolute atomic E-state index is 11.9. The summed E-state index contributed by atoms with van der Waals surface area (Å²) in [6.45, 7) is 4.09. The minimum atomic E-state index is -0.906. The van der Waals surface area contributed by atoms with Crippen LogP contribution in [-0.4, -0.2) is 16.1 Å². The molecule has 3 heteroatoms. The Kier molecular flexibility index (Phi) is 3.31. The quantitative estimate of drug-likeness (QED) is 0.716. The van der Waals surface area contributed by atoms with Gasteiger partial charge in [-0.25, -0.2) is 4.79 Å². The molecule has 0 amide bonds. The van der Waals surface area contributed by atoms with Crippen LogP contribution in [0.2, 0.25) is 0 Å². The predicted molar refractivity (Wildman–Crippen MR) is 95.5 cm³/mol. The van der Waals surface area contributed by atoms with Gasteiger partial charge < -0.3 is 10.1 Å². The van der Waals surface area contributed by atoms with Crippen molar-refractivity contribution in [3.05, 3.63) is 70.4 Å². The van der Waals surface area contributed by atoms with E-state index >= 15 is 0 Å². The van der Waals surface area contributed by atoms with Crippen LogP contribution in [0.25, 0.3) is 22.4 Å². The second kappa shape index (κ2) is 5.38. The van der Waals surface area contributed by atoms with Crippen molar-refractivity contribution in [2.24, 2.45) is 0 Å². The summed E-state index contributed by atoms with van der Waals surface area (Å²) in [5.41, 5.74) is 8.90. The lowest BCUT2D eigenvalue weighted by Gasteiger charge is -2.17. The Morgan fingerprint density at radius 1 is 1.04 bits per heavy atom. The van der Waals surface area contributed by atoms with Gasteiger partial charge in [0.05, 0.1) is 5.69 Å². The number of H-pyrrole nitrogens is 1. The number of hydrogen-bond acceptors (Lipinski definition) is 1. The minimum absolute atomic E-state index is 0.293. The van der Waals surface area contributed by atoms with Crippen molar-refractivity contribution in [2.75, 3.05) is 0 Å². The zero-order chi connectivity index (χ0) is 16.8. The van der Waals surface area contributed by atoms with Crippen molar-refractivity contribution < 1.29 is 9.90 Å². The van der Waals surface area contributed by atoms with Gasteiger partial charge in [-0.15, -0.1) is 0 Å². The Balaban J connectivity index is 2.02. The summed E-state index contributed by atoms with van der Waals surface area (Å²) in [7, 11) is 0. The van der Waals surface area contributed by atoms with Crippen LogP contribution in [0.5, 0.6) is 0 Å². The summed E-state index contributed by atoms with van der Waals surface area (Å²) in [6, 6.07) is 14.5. The molecule has 0 spiro atoms. The molecule has 1 aliphatic carbocycles. The first-order chi connectivity index (χ1) is 11.5. The lowest BCUT2D eigenvalue weighted by Crippen LogP contribution is -2.03. The molecule has 4 rings (SSSR count). The summed E-state index contributed by atoms with van der Waals surface area (Å²) in [6.07, 6.45) is 1.80. The molecular formula is C21H19NO2. The molecule has 0 unspecified atom stereocenters. The fourth-order valence-electron chi connectivity index (χ4n) is 3.86. The summed E-state index contributed by atoms with van der Waals surface area (Å²) >= 11 is 0. The minimum Gasteiger partial charge on any atom is -0.477 e. The Bertz CT molecular complexity index is 946. The van der Waals surface area contributed by atoms with Crippen molar-refractivity contribution in [1.82, 2.24) is 4.98 Å². The highest BCUT2D eigenvalue weighted by atomic mass is 16.4. The highest BCUT2D eigenvalue weighted by Gasteiger charge is 2.27. The normalized spacial score (nSPS) is 12.6. The monoisotopic (exact) mass is 317 g/mol. The molecule has 0 saturated heterocycles. The molecule has 3 nitrogen and oxygen atoms in total. The third kappa shape index (κ3) is 2.24. The van der Waals surface area contributed by atoms with Crippen LogP contribution in [-0.2, 0) is 12.8 Å². The van der Waals surface area contributed by atoms with Crippen LogP contribution in [0.15, 0.2) is 42.5 Å². The Hall–Kier alpha value is -2.81. The van der Waals surface area contributed by atoms with Crippen LogP contribution < -0.4 is 0 Å². The maximum Gasteiger partial charge on any atom is 0.352 e. The number of aromatic nitrogens is 1.